The van der Waals surface area contributed by atoms with Crippen LogP contribution in [-0.2, 0) is 10.2 Å². The van der Waals surface area contributed by atoms with E-state index < -0.39 is 5.41 Å². The number of fused-ring (bicyclic) bond motifs is 1. The normalized spacial score (nSPS) is 15.9. The second kappa shape index (κ2) is 8.05. The third kappa shape index (κ3) is 3.37. The highest BCUT2D eigenvalue weighted by atomic mass is 16.5. The Balaban J connectivity index is 1.72. The number of rotatable bonds is 5. The molecule has 1 amide bonds. The van der Waals surface area contributed by atoms with Gasteiger partial charge in [-0.15, -0.1) is 0 Å². The van der Waals surface area contributed by atoms with Gasteiger partial charge >= 0.3 is 0 Å². The molecular formula is C25H27NO2. The second-order valence-corrected chi connectivity index (χ2v) is 7.55. The van der Waals surface area contributed by atoms with Gasteiger partial charge in [-0.05, 0) is 37.5 Å². The fraction of sp³-hybridized carbons (Fsp3) is 0.320. The predicted molar refractivity (Wildman–Crippen MR) is 115 cm³/mol. The topological polar surface area (TPSA) is 38.3 Å². The van der Waals surface area contributed by atoms with Crippen LogP contribution >= 0.6 is 0 Å². The van der Waals surface area contributed by atoms with Crippen LogP contribution in [-0.4, -0.2) is 12.5 Å². The Hall–Kier alpha value is -2.81. The molecule has 3 heteroatoms. The largest absolute Gasteiger partial charge is 0.493 e. The van der Waals surface area contributed by atoms with Crippen molar-refractivity contribution in [3.05, 3.63) is 72.3 Å². The van der Waals surface area contributed by atoms with E-state index in [1.54, 1.807) is 0 Å². The maximum atomic E-state index is 13.6. The van der Waals surface area contributed by atoms with Gasteiger partial charge in [0.2, 0.25) is 5.91 Å². The minimum Gasteiger partial charge on any atom is -0.493 e. The molecule has 1 saturated carbocycles. The van der Waals surface area contributed by atoms with Crippen LogP contribution in [0.2, 0.25) is 0 Å². The Morgan fingerprint density at radius 3 is 2.29 bits per heavy atom. The fourth-order valence-electron chi connectivity index (χ4n) is 4.46. The fourth-order valence-corrected chi connectivity index (χ4v) is 4.46. The summed E-state index contributed by atoms with van der Waals surface area (Å²) in [7, 11) is 0. The van der Waals surface area contributed by atoms with E-state index in [-0.39, 0.29) is 5.91 Å². The van der Waals surface area contributed by atoms with Crippen LogP contribution in [0.5, 0.6) is 5.75 Å². The number of nitrogens with one attached hydrogen (secondary N) is 1. The Labute approximate surface area is 166 Å². The van der Waals surface area contributed by atoms with Gasteiger partial charge in [0.05, 0.1) is 12.0 Å². The van der Waals surface area contributed by atoms with E-state index >= 15 is 0 Å². The zero-order valence-electron chi connectivity index (χ0n) is 16.4. The van der Waals surface area contributed by atoms with Gasteiger partial charge in [-0.2, -0.15) is 0 Å². The number of hydrogen-bond acceptors (Lipinski definition) is 2. The average molecular weight is 373 g/mol. The van der Waals surface area contributed by atoms with Crippen molar-refractivity contribution < 1.29 is 9.53 Å². The van der Waals surface area contributed by atoms with Crippen LogP contribution in [0.25, 0.3) is 10.8 Å². The number of carbonyl (C=O) groups excluding carboxylic acids is 1. The van der Waals surface area contributed by atoms with Crippen molar-refractivity contribution in [2.75, 3.05) is 11.9 Å². The zero-order chi connectivity index (χ0) is 19.4. The molecule has 0 saturated heterocycles. The Kier molecular flexibility index (Phi) is 5.34. The summed E-state index contributed by atoms with van der Waals surface area (Å²) in [6.45, 7) is 2.60. The molecular weight excluding hydrogens is 346 g/mol. The standard InChI is InChI=1S/C25H27NO2/c1-2-28-23-16-15-22(20-13-7-8-14-21(20)23)26-24(27)25(17-9-4-10-18-25)19-11-5-3-6-12-19/h3,5-8,11-16H,2,4,9-10,17-18H2,1H3,(H,26,27). The summed E-state index contributed by atoms with van der Waals surface area (Å²) in [5.41, 5.74) is 1.53. The smallest absolute Gasteiger partial charge is 0.235 e. The molecule has 0 aliphatic heterocycles. The highest BCUT2D eigenvalue weighted by Gasteiger charge is 2.41. The first-order valence-electron chi connectivity index (χ1n) is 10.3. The van der Waals surface area contributed by atoms with Crippen molar-refractivity contribution >= 4 is 22.4 Å². The molecule has 0 radical (unpaired) electrons. The third-order valence-corrected chi connectivity index (χ3v) is 5.90. The van der Waals surface area contributed by atoms with E-state index in [9.17, 15) is 4.79 Å². The van der Waals surface area contributed by atoms with Gasteiger partial charge in [-0.3, -0.25) is 4.79 Å². The number of ether oxygens (including phenoxy) is 1. The maximum Gasteiger partial charge on any atom is 0.235 e. The third-order valence-electron chi connectivity index (χ3n) is 5.90. The minimum absolute atomic E-state index is 0.104. The van der Waals surface area contributed by atoms with Gasteiger partial charge in [-0.25, -0.2) is 0 Å². The Morgan fingerprint density at radius 1 is 0.893 bits per heavy atom. The summed E-state index contributed by atoms with van der Waals surface area (Å²) in [6.07, 6.45) is 5.18. The molecule has 1 aliphatic rings. The lowest BCUT2D eigenvalue weighted by Gasteiger charge is -2.36. The predicted octanol–water partition coefficient (Wildman–Crippen LogP) is 6.08. The van der Waals surface area contributed by atoms with Gasteiger partial charge in [-0.1, -0.05) is 73.9 Å². The van der Waals surface area contributed by atoms with Gasteiger partial charge in [0.25, 0.3) is 0 Å². The van der Waals surface area contributed by atoms with Gasteiger partial charge < -0.3 is 10.1 Å². The molecule has 1 aliphatic carbocycles. The highest BCUT2D eigenvalue weighted by molar-refractivity contribution is 6.07. The summed E-state index contributed by atoms with van der Waals surface area (Å²) in [4.78, 5) is 13.6. The molecule has 28 heavy (non-hydrogen) atoms. The molecule has 1 N–H and O–H groups in total. The van der Waals surface area contributed by atoms with Crippen LogP contribution in [0.3, 0.4) is 0 Å². The van der Waals surface area contributed by atoms with Crippen molar-refractivity contribution in [3.63, 3.8) is 0 Å². The summed E-state index contributed by atoms with van der Waals surface area (Å²) in [6, 6.07) is 22.3. The first kappa shape index (κ1) is 18.5. The van der Waals surface area contributed by atoms with Crippen molar-refractivity contribution in [2.24, 2.45) is 0 Å². The average Bonchev–Trinajstić information content (AvgIpc) is 2.76. The van der Waals surface area contributed by atoms with Gasteiger partial charge in [0.1, 0.15) is 5.75 Å². The van der Waals surface area contributed by atoms with Gasteiger partial charge in [0, 0.05) is 16.5 Å². The second-order valence-electron chi connectivity index (χ2n) is 7.55. The number of amides is 1. The van der Waals surface area contributed by atoms with Crippen molar-refractivity contribution in [2.45, 2.75) is 44.4 Å². The van der Waals surface area contributed by atoms with Crippen LogP contribution < -0.4 is 10.1 Å². The van der Waals surface area contributed by atoms with Crippen LogP contribution in [0.4, 0.5) is 5.69 Å². The van der Waals surface area contributed by atoms with Crippen LogP contribution in [0, 0.1) is 0 Å². The first-order valence-corrected chi connectivity index (χ1v) is 10.3. The van der Waals surface area contributed by atoms with E-state index in [2.05, 4.69) is 17.4 Å². The van der Waals surface area contributed by atoms with E-state index in [0.29, 0.717) is 6.61 Å². The molecule has 0 atom stereocenters. The summed E-state index contributed by atoms with van der Waals surface area (Å²) in [5, 5.41) is 5.31. The Bertz CT molecular complexity index is 959. The summed E-state index contributed by atoms with van der Waals surface area (Å²) in [5.74, 6) is 0.958. The Morgan fingerprint density at radius 2 is 1.57 bits per heavy atom. The van der Waals surface area contributed by atoms with Crippen molar-refractivity contribution in [1.82, 2.24) is 0 Å². The molecule has 0 heterocycles. The van der Waals surface area contributed by atoms with E-state index in [1.165, 1.54) is 6.42 Å². The minimum atomic E-state index is -0.445. The van der Waals surface area contributed by atoms with Crippen LogP contribution in [0.1, 0.15) is 44.6 Å². The number of benzene rings is 3. The SMILES string of the molecule is CCOc1ccc(NC(=O)C2(c3ccccc3)CCCCC2)c2ccccc12. The lowest BCUT2D eigenvalue weighted by Crippen LogP contribution is -2.42. The lowest BCUT2D eigenvalue weighted by molar-refractivity contribution is -0.122. The zero-order valence-corrected chi connectivity index (χ0v) is 16.4. The van der Waals surface area contributed by atoms with Gasteiger partial charge in [0.15, 0.2) is 0 Å². The molecule has 3 aromatic carbocycles. The number of anilines is 1. The van der Waals surface area contributed by atoms with E-state index in [0.717, 1.165) is 53.5 Å². The van der Waals surface area contributed by atoms with Crippen molar-refractivity contribution in [1.29, 1.82) is 0 Å². The highest BCUT2D eigenvalue weighted by Crippen LogP contribution is 2.41. The lowest BCUT2D eigenvalue weighted by atomic mass is 9.68. The number of carbonyl (C=O) groups is 1. The van der Waals surface area contributed by atoms with E-state index in [4.69, 9.17) is 4.74 Å². The molecule has 0 bridgehead atoms. The monoisotopic (exact) mass is 373 g/mol. The molecule has 3 aromatic rings. The molecule has 0 unspecified atom stereocenters. The molecule has 0 spiro atoms. The molecule has 1 fully saturated rings. The summed E-state index contributed by atoms with van der Waals surface area (Å²) >= 11 is 0. The van der Waals surface area contributed by atoms with Crippen molar-refractivity contribution in [3.8, 4) is 5.75 Å². The molecule has 3 nitrogen and oxygen atoms in total. The van der Waals surface area contributed by atoms with E-state index in [1.807, 2.05) is 61.5 Å². The molecule has 0 aromatic heterocycles. The number of hydrogen-bond donors (Lipinski definition) is 1. The molecule has 4 rings (SSSR count). The maximum absolute atomic E-state index is 13.6. The summed E-state index contributed by atoms with van der Waals surface area (Å²) < 4.78 is 5.77. The first-order chi connectivity index (χ1) is 13.7. The van der Waals surface area contributed by atoms with Crippen LogP contribution in [0.15, 0.2) is 66.7 Å². The quantitative estimate of drug-likeness (QED) is 0.588. The molecule has 144 valence electrons.